The van der Waals surface area contributed by atoms with Crippen LogP contribution in [-0.2, 0) is 16.1 Å². The molecular weight excluding hydrogens is 406 g/mol. The lowest BCUT2D eigenvalue weighted by Crippen LogP contribution is -2.30. The van der Waals surface area contributed by atoms with Gasteiger partial charge in [-0.25, -0.2) is 9.78 Å². The zero-order valence-electron chi connectivity index (χ0n) is 16.8. The highest BCUT2D eigenvalue weighted by atomic mass is 32.1. The molecule has 0 atom stereocenters. The van der Waals surface area contributed by atoms with E-state index in [1.807, 2.05) is 60.8 Å². The summed E-state index contributed by atoms with van der Waals surface area (Å²) >= 11 is 2.86. The van der Waals surface area contributed by atoms with Gasteiger partial charge in [-0.05, 0) is 36.1 Å². The smallest absolute Gasteiger partial charge is 0.350 e. The van der Waals surface area contributed by atoms with Crippen molar-refractivity contribution in [3.05, 3.63) is 57.9 Å². The highest BCUT2D eigenvalue weighted by Gasteiger charge is 2.20. The van der Waals surface area contributed by atoms with Crippen molar-refractivity contribution in [2.24, 2.45) is 0 Å². The monoisotopic (exact) mass is 429 g/mol. The predicted octanol–water partition coefficient (Wildman–Crippen LogP) is 4.06. The summed E-state index contributed by atoms with van der Waals surface area (Å²) in [5.74, 6) is -0.768. The van der Waals surface area contributed by atoms with E-state index in [2.05, 4.69) is 4.98 Å². The van der Waals surface area contributed by atoms with Gasteiger partial charge in [0.2, 0.25) is 0 Å². The molecule has 0 N–H and O–H groups in total. The van der Waals surface area contributed by atoms with Gasteiger partial charge in [-0.1, -0.05) is 18.2 Å². The highest BCUT2D eigenvalue weighted by molar-refractivity contribution is 7.22. The standard InChI is InChI=1S/C21H23N3O3S2/c1-14-19(29-20(22-14)17-6-5-11-28-17)21(26)27-13-18(25)24(4)12-15-7-9-16(10-8-15)23(2)3/h5-11H,12-13H2,1-4H3. The number of hydrogen-bond donors (Lipinski definition) is 0. The Bertz CT molecular complexity index is 979. The maximum Gasteiger partial charge on any atom is 0.350 e. The Kier molecular flexibility index (Phi) is 6.66. The van der Waals surface area contributed by atoms with E-state index < -0.39 is 5.97 Å². The number of aromatic nitrogens is 1. The van der Waals surface area contributed by atoms with Crippen molar-refractivity contribution in [3.8, 4) is 9.88 Å². The SMILES string of the molecule is Cc1nc(-c2cccs2)sc1C(=O)OCC(=O)N(C)Cc1ccc(N(C)C)cc1. The Morgan fingerprint density at radius 3 is 2.45 bits per heavy atom. The maximum absolute atomic E-state index is 12.4. The van der Waals surface area contributed by atoms with Gasteiger partial charge in [-0.2, -0.15) is 0 Å². The number of likely N-dealkylation sites (N-methyl/N-ethyl adjacent to an activating group) is 1. The number of carbonyl (C=O) groups is 2. The van der Waals surface area contributed by atoms with Crippen molar-refractivity contribution in [1.82, 2.24) is 9.88 Å². The molecule has 29 heavy (non-hydrogen) atoms. The first-order valence-corrected chi connectivity index (χ1v) is 10.7. The highest BCUT2D eigenvalue weighted by Crippen LogP contribution is 2.31. The van der Waals surface area contributed by atoms with Crippen LogP contribution in [0.4, 0.5) is 5.69 Å². The molecule has 0 saturated heterocycles. The van der Waals surface area contributed by atoms with Gasteiger partial charge in [0, 0.05) is 33.4 Å². The summed E-state index contributed by atoms with van der Waals surface area (Å²) < 4.78 is 5.25. The summed E-state index contributed by atoms with van der Waals surface area (Å²) in [6.45, 7) is 1.93. The van der Waals surface area contributed by atoms with Gasteiger partial charge in [0.15, 0.2) is 6.61 Å². The quantitative estimate of drug-likeness (QED) is 0.530. The van der Waals surface area contributed by atoms with Crippen LogP contribution < -0.4 is 4.90 Å². The van der Waals surface area contributed by atoms with Crippen molar-refractivity contribution >= 4 is 40.2 Å². The second kappa shape index (κ2) is 9.19. The molecule has 0 aliphatic carbocycles. The fraction of sp³-hybridized carbons (Fsp3) is 0.286. The average Bonchev–Trinajstić information content (AvgIpc) is 3.35. The van der Waals surface area contributed by atoms with E-state index in [4.69, 9.17) is 4.74 Å². The molecule has 0 unspecified atom stereocenters. The topological polar surface area (TPSA) is 62.7 Å². The van der Waals surface area contributed by atoms with Gasteiger partial charge < -0.3 is 14.5 Å². The number of carbonyl (C=O) groups excluding carboxylic acids is 2. The van der Waals surface area contributed by atoms with E-state index in [0.717, 1.165) is 21.1 Å². The number of esters is 1. The van der Waals surface area contributed by atoms with Crippen molar-refractivity contribution in [2.75, 3.05) is 32.6 Å². The first-order chi connectivity index (χ1) is 13.8. The lowest BCUT2D eigenvalue weighted by molar-refractivity contribution is -0.133. The van der Waals surface area contributed by atoms with Crippen LogP contribution in [0.5, 0.6) is 0 Å². The zero-order valence-corrected chi connectivity index (χ0v) is 18.5. The molecule has 1 aromatic carbocycles. The van der Waals surface area contributed by atoms with Crippen LogP contribution in [0, 0.1) is 6.92 Å². The van der Waals surface area contributed by atoms with E-state index in [1.54, 1.807) is 30.2 Å². The summed E-state index contributed by atoms with van der Waals surface area (Å²) in [6.07, 6.45) is 0. The first-order valence-electron chi connectivity index (χ1n) is 9.04. The molecular formula is C21H23N3O3S2. The molecule has 6 nitrogen and oxygen atoms in total. The molecule has 152 valence electrons. The van der Waals surface area contributed by atoms with E-state index >= 15 is 0 Å². The summed E-state index contributed by atoms with van der Waals surface area (Å²) in [6, 6.07) is 11.9. The van der Waals surface area contributed by atoms with Gasteiger partial charge in [-0.3, -0.25) is 4.79 Å². The number of nitrogens with zero attached hydrogens (tertiary/aromatic N) is 3. The van der Waals surface area contributed by atoms with Gasteiger partial charge >= 0.3 is 5.97 Å². The third-order valence-corrected chi connectivity index (χ3v) is 6.52. The van der Waals surface area contributed by atoms with Crippen LogP contribution in [0.1, 0.15) is 20.9 Å². The lowest BCUT2D eigenvalue weighted by atomic mass is 10.2. The second-order valence-corrected chi connectivity index (χ2v) is 8.74. The number of hydrogen-bond acceptors (Lipinski definition) is 7. The minimum Gasteiger partial charge on any atom is -0.451 e. The van der Waals surface area contributed by atoms with E-state index in [1.165, 1.54) is 11.3 Å². The van der Waals surface area contributed by atoms with E-state index in [9.17, 15) is 9.59 Å². The largest absolute Gasteiger partial charge is 0.451 e. The first kappa shape index (κ1) is 21.0. The third-order valence-electron chi connectivity index (χ3n) is 4.34. The fourth-order valence-corrected chi connectivity index (χ4v) is 4.41. The van der Waals surface area contributed by atoms with Crippen LogP contribution >= 0.6 is 22.7 Å². The zero-order chi connectivity index (χ0) is 21.0. The number of rotatable bonds is 7. The average molecular weight is 430 g/mol. The van der Waals surface area contributed by atoms with Crippen LogP contribution in [0.25, 0.3) is 9.88 Å². The Labute approximate surface area is 178 Å². The summed E-state index contributed by atoms with van der Waals surface area (Å²) in [4.78, 5) is 34.2. The molecule has 0 fully saturated rings. The van der Waals surface area contributed by atoms with Crippen molar-refractivity contribution < 1.29 is 14.3 Å². The van der Waals surface area contributed by atoms with Crippen molar-refractivity contribution in [1.29, 1.82) is 0 Å². The molecule has 3 aromatic rings. The molecule has 0 radical (unpaired) electrons. The number of benzene rings is 1. The van der Waals surface area contributed by atoms with Gasteiger partial charge in [-0.15, -0.1) is 22.7 Å². The van der Waals surface area contributed by atoms with Gasteiger partial charge in [0.05, 0.1) is 10.6 Å². The van der Waals surface area contributed by atoms with E-state index in [-0.39, 0.29) is 12.5 Å². The van der Waals surface area contributed by atoms with Crippen LogP contribution in [0.2, 0.25) is 0 Å². The molecule has 0 spiro atoms. The number of thiophene rings is 1. The Morgan fingerprint density at radius 1 is 1.10 bits per heavy atom. The molecule has 0 bridgehead atoms. The second-order valence-electron chi connectivity index (χ2n) is 6.80. The lowest BCUT2D eigenvalue weighted by Gasteiger charge is -2.18. The summed E-state index contributed by atoms with van der Waals surface area (Å²) in [5, 5.41) is 2.75. The minimum atomic E-state index is -0.514. The van der Waals surface area contributed by atoms with Crippen molar-refractivity contribution in [3.63, 3.8) is 0 Å². The predicted molar refractivity (Wildman–Crippen MR) is 118 cm³/mol. The maximum atomic E-state index is 12.4. The fourth-order valence-electron chi connectivity index (χ4n) is 2.66. The van der Waals surface area contributed by atoms with E-state index in [0.29, 0.717) is 17.1 Å². The number of anilines is 1. The normalized spacial score (nSPS) is 10.6. The van der Waals surface area contributed by atoms with Crippen LogP contribution in [0.3, 0.4) is 0 Å². The van der Waals surface area contributed by atoms with Crippen LogP contribution in [0.15, 0.2) is 41.8 Å². The van der Waals surface area contributed by atoms with Gasteiger partial charge in [0.25, 0.3) is 5.91 Å². The number of amides is 1. The number of aryl methyl sites for hydroxylation is 1. The Morgan fingerprint density at radius 2 is 1.83 bits per heavy atom. The Hall–Kier alpha value is -2.71. The van der Waals surface area contributed by atoms with Gasteiger partial charge in [0.1, 0.15) is 9.88 Å². The van der Waals surface area contributed by atoms with Crippen molar-refractivity contribution in [2.45, 2.75) is 13.5 Å². The minimum absolute atomic E-state index is 0.254. The molecule has 0 aliphatic rings. The summed E-state index contributed by atoms with van der Waals surface area (Å²) in [7, 11) is 5.66. The summed E-state index contributed by atoms with van der Waals surface area (Å²) in [5.41, 5.74) is 2.72. The molecule has 0 aliphatic heterocycles. The number of thiazole rings is 1. The molecule has 0 saturated carbocycles. The van der Waals surface area contributed by atoms with Crippen LogP contribution in [-0.4, -0.2) is 49.5 Å². The number of ether oxygens (including phenoxy) is 1. The molecule has 1 amide bonds. The molecule has 2 aromatic heterocycles. The molecule has 2 heterocycles. The molecule has 8 heteroatoms. The third kappa shape index (κ3) is 5.21. The Balaban J connectivity index is 1.55. The molecule has 3 rings (SSSR count).